The van der Waals surface area contributed by atoms with Crippen molar-refractivity contribution >= 4 is 22.4 Å². The van der Waals surface area contributed by atoms with Gasteiger partial charge in [0, 0.05) is 30.9 Å². The molecule has 0 bridgehead atoms. The molecular formula is C21H23N5O2S. The highest BCUT2D eigenvalue weighted by molar-refractivity contribution is 7.18. The van der Waals surface area contributed by atoms with Gasteiger partial charge in [0.25, 0.3) is 5.91 Å². The zero-order chi connectivity index (χ0) is 20.1. The number of anilines is 1. The summed E-state index contributed by atoms with van der Waals surface area (Å²) in [6.07, 6.45) is 3.50. The Morgan fingerprint density at radius 1 is 1.17 bits per heavy atom. The van der Waals surface area contributed by atoms with Gasteiger partial charge >= 0.3 is 0 Å². The molecule has 2 aromatic heterocycles. The average Bonchev–Trinajstić information content (AvgIpc) is 3.24. The highest BCUT2D eigenvalue weighted by atomic mass is 32.1. The standard InChI is InChI=1S/C21H23N5O2S/c1-2-28-17-8-6-15(7-9-17)20(27)26-13-10-16(11-14-26)23-21-25-24-19(29-21)18-5-3-4-12-22-18/h3-9,12,16H,2,10-11,13-14H2,1H3,(H,23,25). The predicted molar refractivity (Wildman–Crippen MR) is 113 cm³/mol. The number of hydrogen-bond acceptors (Lipinski definition) is 7. The summed E-state index contributed by atoms with van der Waals surface area (Å²) >= 11 is 1.50. The van der Waals surface area contributed by atoms with E-state index in [1.165, 1.54) is 11.3 Å². The van der Waals surface area contributed by atoms with Gasteiger partial charge in [-0.25, -0.2) is 0 Å². The van der Waals surface area contributed by atoms with Crippen molar-refractivity contribution < 1.29 is 9.53 Å². The Hall–Kier alpha value is -3.00. The van der Waals surface area contributed by atoms with Crippen LogP contribution in [0.25, 0.3) is 10.7 Å². The molecule has 1 aromatic carbocycles. The maximum absolute atomic E-state index is 12.7. The lowest BCUT2D eigenvalue weighted by Gasteiger charge is -2.32. The van der Waals surface area contributed by atoms with Crippen LogP contribution in [0.15, 0.2) is 48.7 Å². The first-order chi connectivity index (χ1) is 14.2. The van der Waals surface area contributed by atoms with Crippen LogP contribution in [-0.2, 0) is 0 Å². The predicted octanol–water partition coefficient (Wildman–Crippen LogP) is 3.72. The second-order valence-corrected chi connectivity index (χ2v) is 7.77. The number of hydrogen-bond donors (Lipinski definition) is 1. The smallest absolute Gasteiger partial charge is 0.253 e. The summed E-state index contributed by atoms with van der Waals surface area (Å²) in [6.45, 7) is 4.00. The number of piperidine rings is 1. The Labute approximate surface area is 173 Å². The van der Waals surface area contributed by atoms with E-state index >= 15 is 0 Å². The number of carbonyl (C=O) groups is 1. The zero-order valence-electron chi connectivity index (χ0n) is 16.2. The van der Waals surface area contributed by atoms with Crippen molar-refractivity contribution in [2.45, 2.75) is 25.8 Å². The van der Waals surface area contributed by atoms with Gasteiger partial charge in [-0.2, -0.15) is 0 Å². The number of amides is 1. The van der Waals surface area contributed by atoms with Crippen molar-refractivity contribution in [3.05, 3.63) is 54.2 Å². The molecule has 1 fully saturated rings. The molecule has 0 aliphatic carbocycles. The van der Waals surface area contributed by atoms with Crippen LogP contribution in [0.5, 0.6) is 5.75 Å². The summed E-state index contributed by atoms with van der Waals surface area (Å²) in [4.78, 5) is 19.0. The minimum atomic E-state index is 0.0693. The van der Waals surface area contributed by atoms with Gasteiger partial charge in [0.05, 0.1) is 6.61 Å². The van der Waals surface area contributed by atoms with Gasteiger partial charge in [-0.15, -0.1) is 10.2 Å². The lowest BCUT2D eigenvalue weighted by Crippen LogP contribution is -2.42. The van der Waals surface area contributed by atoms with Crippen molar-refractivity contribution in [2.75, 3.05) is 25.0 Å². The molecule has 1 N–H and O–H groups in total. The Kier molecular flexibility index (Phi) is 6.00. The number of likely N-dealkylation sites (tertiary alicyclic amines) is 1. The van der Waals surface area contributed by atoms with E-state index < -0.39 is 0 Å². The normalized spacial score (nSPS) is 14.6. The number of ether oxygens (including phenoxy) is 1. The SMILES string of the molecule is CCOc1ccc(C(=O)N2CCC(Nc3nnc(-c4ccccn4)s3)CC2)cc1. The number of benzene rings is 1. The third-order valence-corrected chi connectivity index (χ3v) is 5.71. The van der Waals surface area contributed by atoms with Crippen LogP contribution in [0.4, 0.5) is 5.13 Å². The first-order valence-electron chi connectivity index (χ1n) is 9.76. The van der Waals surface area contributed by atoms with Crippen LogP contribution < -0.4 is 10.1 Å². The molecule has 1 amide bonds. The minimum absolute atomic E-state index is 0.0693. The number of aromatic nitrogens is 3. The summed E-state index contributed by atoms with van der Waals surface area (Å²) in [7, 11) is 0. The van der Waals surface area contributed by atoms with E-state index in [9.17, 15) is 4.79 Å². The fourth-order valence-corrected chi connectivity index (χ4v) is 4.12. The third kappa shape index (κ3) is 4.71. The molecule has 3 aromatic rings. The van der Waals surface area contributed by atoms with E-state index in [1.54, 1.807) is 6.20 Å². The van der Waals surface area contributed by atoms with Gasteiger partial charge in [0.1, 0.15) is 11.4 Å². The van der Waals surface area contributed by atoms with Gasteiger partial charge < -0.3 is 15.0 Å². The van der Waals surface area contributed by atoms with Gasteiger partial charge in [-0.3, -0.25) is 9.78 Å². The molecule has 0 unspecified atom stereocenters. The average molecular weight is 410 g/mol. The molecule has 8 heteroatoms. The van der Waals surface area contributed by atoms with E-state index in [4.69, 9.17) is 4.74 Å². The zero-order valence-corrected chi connectivity index (χ0v) is 17.1. The molecule has 1 aliphatic heterocycles. The van der Waals surface area contributed by atoms with E-state index in [2.05, 4.69) is 20.5 Å². The second-order valence-electron chi connectivity index (χ2n) is 6.80. The largest absolute Gasteiger partial charge is 0.494 e. The molecule has 1 aliphatic rings. The van der Waals surface area contributed by atoms with E-state index in [-0.39, 0.29) is 11.9 Å². The number of nitrogens with one attached hydrogen (secondary N) is 1. The van der Waals surface area contributed by atoms with Crippen LogP contribution >= 0.6 is 11.3 Å². The van der Waals surface area contributed by atoms with Crippen LogP contribution in [0, 0.1) is 0 Å². The Morgan fingerprint density at radius 3 is 2.66 bits per heavy atom. The molecule has 0 spiro atoms. The third-order valence-electron chi connectivity index (χ3n) is 4.83. The first kappa shape index (κ1) is 19.3. The maximum atomic E-state index is 12.7. The fourth-order valence-electron chi connectivity index (χ4n) is 3.32. The van der Waals surface area contributed by atoms with Gasteiger partial charge in [-0.1, -0.05) is 17.4 Å². The molecule has 150 valence electrons. The van der Waals surface area contributed by atoms with Crippen molar-refractivity contribution in [2.24, 2.45) is 0 Å². The monoisotopic (exact) mass is 409 g/mol. The Balaban J connectivity index is 1.30. The van der Waals surface area contributed by atoms with Gasteiger partial charge in [0.15, 0.2) is 5.01 Å². The summed E-state index contributed by atoms with van der Waals surface area (Å²) in [5.74, 6) is 0.855. The van der Waals surface area contributed by atoms with E-state index in [0.717, 1.165) is 47.5 Å². The fraction of sp³-hybridized carbons (Fsp3) is 0.333. The molecule has 0 saturated carbocycles. The van der Waals surface area contributed by atoms with Crippen LogP contribution in [0.2, 0.25) is 0 Å². The van der Waals surface area contributed by atoms with Crippen molar-refractivity contribution in [3.63, 3.8) is 0 Å². The molecular weight excluding hydrogens is 386 g/mol. The quantitative estimate of drug-likeness (QED) is 0.668. The Morgan fingerprint density at radius 2 is 1.97 bits per heavy atom. The lowest BCUT2D eigenvalue weighted by molar-refractivity contribution is 0.0718. The molecule has 0 atom stereocenters. The first-order valence-corrected chi connectivity index (χ1v) is 10.6. The van der Waals surface area contributed by atoms with E-state index in [0.29, 0.717) is 12.2 Å². The van der Waals surface area contributed by atoms with Gasteiger partial charge in [-0.05, 0) is 56.2 Å². The number of carbonyl (C=O) groups excluding carboxylic acids is 1. The summed E-state index contributed by atoms with van der Waals surface area (Å²) in [6, 6.07) is 13.4. The topological polar surface area (TPSA) is 80.2 Å². The highest BCUT2D eigenvalue weighted by Crippen LogP contribution is 2.26. The van der Waals surface area contributed by atoms with Crippen molar-refractivity contribution in [3.8, 4) is 16.5 Å². The van der Waals surface area contributed by atoms with Crippen LogP contribution in [-0.4, -0.2) is 51.7 Å². The molecule has 0 radical (unpaired) electrons. The van der Waals surface area contributed by atoms with Gasteiger partial charge in [0.2, 0.25) is 5.13 Å². The van der Waals surface area contributed by atoms with Crippen molar-refractivity contribution in [1.29, 1.82) is 0 Å². The molecule has 29 heavy (non-hydrogen) atoms. The van der Waals surface area contributed by atoms with E-state index in [1.807, 2.05) is 54.3 Å². The molecule has 1 saturated heterocycles. The second kappa shape index (κ2) is 9.00. The number of nitrogens with zero attached hydrogens (tertiary/aromatic N) is 4. The Bertz CT molecular complexity index is 937. The maximum Gasteiger partial charge on any atom is 0.253 e. The van der Waals surface area contributed by atoms with Crippen LogP contribution in [0.1, 0.15) is 30.1 Å². The molecule has 4 rings (SSSR count). The minimum Gasteiger partial charge on any atom is -0.494 e. The van der Waals surface area contributed by atoms with Crippen molar-refractivity contribution in [1.82, 2.24) is 20.1 Å². The number of pyridine rings is 1. The summed E-state index contributed by atoms with van der Waals surface area (Å²) in [5, 5.41) is 13.5. The lowest BCUT2D eigenvalue weighted by atomic mass is 10.0. The number of rotatable bonds is 6. The summed E-state index contributed by atoms with van der Waals surface area (Å²) < 4.78 is 5.44. The summed E-state index contributed by atoms with van der Waals surface area (Å²) in [5.41, 5.74) is 1.53. The molecule has 3 heterocycles. The van der Waals surface area contributed by atoms with Crippen LogP contribution in [0.3, 0.4) is 0 Å². The highest BCUT2D eigenvalue weighted by Gasteiger charge is 2.24. The molecule has 7 nitrogen and oxygen atoms in total.